The van der Waals surface area contributed by atoms with Gasteiger partial charge in [0.25, 0.3) is 5.91 Å². The number of hydrogen-bond acceptors (Lipinski definition) is 5. The molecule has 0 aliphatic carbocycles. The lowest BCUT2D eigenvalue weighted by Crippen LogP contribution is -2.26. The summed E-state index contributed by atoms with van der Waals surface area (Å²) in [7, 11) is -3.39. The van der Waals surface area contributed by atoms with Crippen molar-refractivity contribution in [1.29, 1.82) is 0 Å². The van der Waals surface area contributed by atoms with Gasteiger partial charge in [0, 0.05) is 24.3 Å². The lowest BCUT2D eigenvalue weighted by Gasteiger charge is -2.22. The maximum atomic E-state index is 12.4. The molecule has 2 N–H and O–H groups in total. The predicted octanol–water partition coefficient (Wildman–Crippen LogP) is 4.66. The van der Waals surface area contributed by atoms with Gasteiger partial charge in [-0.1, -0.05) is 44.9 Å². The van der Waals surface area contributed by atoms with Crippen molar-refractivity contribution in [3.05, 3.63) is 59.7 Å². The molecule has 7 nitrogen and oxygen atoms in total. The molecule has 188 valence electrons. The molecule has 0 saturated carbocycles. The third-order valence-electron chi connectivity index (χ3n) is 5.26. The molecule has 0 radical (unpaired) electrons. The molecule has 2 rings (SSSR count). The van der Waals surface area contributed by atoms with Gasteiger partial charge in [-0.05, 0) is 68.2 Å². The molecule has 0 aromatic heterocycles. The normalized spacial score (nSPS) is 11.4. The number of hydrogen-bond donors (Lipinski definition) is 2. The van der Waals surface area contributed by atoms with E-state index in [1.807, 2.05) is 12.1 Å². The molecule has 0 saturated heterocycles. The van der Waals surface area contributed by atoms with E-state index in [-0.39, 0.29) is 5.91 Å². The summed E-state index contributed by atoms with van der Waals surface area (Å²) in [4.78, 5) is 14.9. The minimum atomic E-state index is -3.39. The zero-order valence-electron chi connectivity index (χ0n) is 20.7. The molecule has 0 aliphatic heterocycles. The molecule has 2 aromatic carbocycles. The van der Waals surface area contributed by atoms with E-state index in [0.717, 1.165) is 31.6 Å². The Labute approximate surface area is 204 Å². The summed E-state index contributed by atoms with van der Waals surface area (Å²) in [6.45, 7) is 8.58. The highest BCUT2D eigenvalue weighted by atomic mass is 32.2. The van der Waals surface area contributed by atoms with Gasteiger partial charge in [-0.3, -0.25) is 14.4 Å². The van der Waals surface area contributed by atoms with Crippen molar-refractivity contribution in [2.45, 2.75) is 52.5 Å². The quantitative estimate of drug-likeness (QED) is 0.335. The van der Waals surface area contributed by atoms with Crippen LogP contribution in [0.3, 0.4) is 0 Å². The Morgan fingerprint density at radius 1 is 0.971 bits per heavy atom. The number of ether oxygens (including phenoxy) is 1. The summed E-state index contributed by atoms with van der Waals surface area (Å²) >= 11 is 0. The van der Waals surface area contributed by atoms with Crippen LogP contribution >= 0.6 is 0 Å². The second-order valence-corrected chi connectivity index (χ2v) is 10.3. The van der Waals surface area contributed by atoms with E-state index in [9.17, 15) is 13.2 Å². The van der Waals surface area contributed by atoms with Crippen molar-refractivity contribution in [1.82, 2.24) is 10.2 Å². The van der Waals surface area contributed by atoms with E-state index in [0.29, 0.717) is 30.8 Å². The number of carbonyl (C=O) groups excluding carboxylic acids is 1. The first-order chi connectivity index (χ1) is 16.3. The first-order valence-corrected chi connectivity index (χ1v) is 14.0. The van der Waals surface area contributed by atoms with Crippen LogP contribution in [0.4, 0.5) is 5.69 Å². The predicted molar refractivity (Wildman–Crippen MR) is 139 cm³/mol. The highest BCUT2D eigenvalue weighted by Crippen LogP contribution is 2.16. The third kappa shape index (κ3) is 11.0. The van der Waals surface area contributed by atoms with E-state index in [1.54, 1.807) is 18.2 Å². The fraction of sp³-hybridized carbons (Fsp3) is 0.500. The van der Waals surface area contributed by atoms with Crippen LogP contribution in [-0.4, -0.2) is 51.7 Å². The topological polar surface area (TPSA) is 87.7 Å². The van der Waals surface area contributed by atoms with Crippen LogP contribution in [0.25, 0.3) is 0 Å². The number of unbranched alkanes of at least 4 members (excludes halogenated alkanes) is 2. The maximum absolute atomic E-state index is 12.4. The SMILES string of the molecule is CCCCN(CCCC)Cc1cccc(OCCCNC(=O)c2cccc(NS(C)(=O)=O)c2)c1. The van der Waals surface area contributed by atoms with Crippen LogP contribution in [0.2, 0.25) is 0 Å². The fourth-order valence-electron chi connectivity index (χ4n) is 3.53. The van der Waals surface area contributed by atoms with E-state index in [1.165, 1.54) is 37.3 Å². The minimum absolute atomic E-state index is 0.251. The second kappa shape index (κ2) is 14.6. The standard InChI is InChI=1S/C26H39N3O4S/c1-4-6-16-29(17-7-5-2)21-22-11-8-14-25(19-22)33-18-10-15-27-26(30)23-12-9-13-24(20-23)28-34(3,31)32/h8-9,11-14,19-20,28H,4-7,10,15-18,21H2,1-3H3,(H,27,30). The lowest BCUT2D eigenvalue weighted by atomic mass is 10.1. The Balaban J connectivity index is 1.77. The largest absolute Gasteiger partial charge is 0.494 e. The molecule has 0 spiro atoms. The average Bonchev–Trinajstić information content (AvgIpc) is 2.80. The molecule has 0 atom stereocenters. The average molecular weight is 490 g/mol. The van der Waals surface area contributed by atoms with Crippen LogP contribution in [0.15, 0.2) is 48.5 Å². The molecule has 0 bridgehead atoms. The van der Waals surface area contributed by atoms with Gasteiger partial charge in [0.15, 0.2) is 0 Å². The van der Waals surface area contributed by atoms with E-state index < -0.39 is 10.0 Å². The number of carbonyl (C=O) groups is 1. The van der Waals surface area contributed by atoms with Crippen molar-refractivity contribution >= 4 is 21.6 Å². The Bertz CT molecular complexity index is 987. The van der Waals surface area contributed by atoms with E-state index in [4.69, 9.17) is 4.74 Å². The van der Waals surface area contributed by atoms with Crippen molar-refractivity contribution < 1.29 is 17.9 Å². The monoisotopic (exact) mass is 489 g/mol. The Hall–Kier alpha value is -2.58. The number of amides is 1. The van der Waals surface area contributed by atoms with Gasteiger partial charge in [-0.25, -0.2) is 8.42 Å². The molecular formula is C26H39N3O4S. The van der Waals surface area contributed by atoms with Crippen LogP contribution in [0.5, 0.6) is 5.75 Å². The van der Waals surface area contributed by atoms with Gasteiger partial charge in [0.2, 0.25) is 10.0 Å². The van der Waals surface area contributed by atoms with Gasteiger partial charge >= 0.3 is 0 Å². The molecule has 0 aliphatic rings. The zero-order chi connectivity index (χ0) is 24.8. The first-order valence-electron chi connectivity index (χ1n) is 12.1. The van der Waals surface area contributed by atoms with Gasteiger partial charge in [-0.2, -0.15) is 0 Å². The summed E-state index contributed by atoms with van der Waals surface area (Å²) < 4.78 is 31.0. The Morgan fingerprint density at radius 2 is 1.68 bits per heavy atom. The van der Waals surface area contributed by atoms with Crippen LogP contribution in [0.1, 0.15) is 61.9 Å². The van der Waals surface area contributed by atoms with E-state index in [2.05, 4.69) is 40.9 Å². The highest BCUT2D eigenvalue weighted by molar-refractivity contribution is 7.92. The Kier molecular flexibility index (Phi) is 11.9. The van der Waals surface area contributed by atoms with Crippen LogP contribution in [0, 0.1) is 0 Å². The summed E-state index contributed by atoms with van der Waals surface area (Å²) in [5, 5.41) is 2.85. The van der Waals surface area contributed by atoms with Gasteiger partial charge in [0.1, 0.15) is 5.75 Å². The highest BCUT2D eigenvalue weighted by Gasteiger charge is 2.09. The molecule has 2 aromatic rings. The second-order valence-electron chi connectivity index (χ2n) is 8.54. The number of rotatable bonds is 16. The molecule has 0 fully saturated rings. The molecular weight excluding hydrogens is 450 g/mol. The molecule has 8 heteroatoms. The molecule has 0 heterocycles. The van der Waals surface area contributed by atoms with Gasteiger partial charge < -0.3 is 10.1 Å². The van der Waals surface area contributed by atoms with Gasteiger partial charge in [-0.15, -0.1) is 0 Å². The zero-order valence-corrected chi connectivity index (χ0v) is 21.5. The molecule has 1 amide bonds. The van der Waals surface area contributed by atoms with Crippen molar-refractivity contribution in [2.75, 3.05) is 37.2 Å². The van der Waals surface area contributed by atoms with Crippen LogP contribution < -0.4 is 14.8 Å². The Morgan fingerprint density at radius 3 is 2.35 bits per heavy atom. The molecule has 0 unspecified atom stereocenters. The summed E-state index contributed by atoms with van der Waals surface area (Å²) in [5.41, 5.74) is 2.01. The fourth-order valence-corrected chi connectivity index (χ4v) is 4.08. The lowest BCUT2D eigenvalue weighted by molar-refractivity contribution is 0.0951. The first kappa shape index (κ1) is 27.7. The number of nitrogens with zero attached hydrogens (tertiary/aromatic N) is 1. The van der Waals surface area contributed by atoms with Crippen molar-refractivity contribution in [3.8, 4) is 5.75 Å². The van der Waals surface area contributed by atoms with E-state index >= 15 is 0 Å². The minimum Gasteiger partial charge on any atom is -0.494 e. The molecule has 34 heavy (non-hydrogen) atoms. The third-order valence-corrected chi connectivity index (χ3v) is 5.87. The summed E-state index contributed by atoms with van der Waals surface area (Å²) in [6, 6.07) is 14.6. The number of sulfonamides is 1. The number of nitrogens with one attached hydrogen (secondary N) is 2. The summed E-state index contributed by atoms with van der Waals surface area (Å²) in [6.07, 6.45) is 6.56. The summed E-state index contributed by atoms with van der Waals surface area (Å²) in [5.74, 6) is 0.590. The van der Waals surface area contributed by atoms with Crippen molar-refractivity contribution in [2.24, 2.45) is 0 Å². The van der Waals surface area contributed by atoms with Crippen molar-refractivity contribution in [3.63, 3.8) is 0 Å². The number of anilines is 1. The maximum Gasteiger partial charge on any atom is 0.251 e. The van der Waals surface area contributed by atoms with Gasteiger partial charge in [0.05, 0.1) is 12.9 Å². The number of benzene rings is 2. The van der Waals surface area contributed by atoms with Crippen LogP contribution in [-0.2, 0) is 16.6 Å². The smallest absolute Gasteiger partial charge is 0.251 e.